The number of rotatable bonds is 4. The number of benzene rings is 2. The highest BCUT2D eigenvalue weighted by Gasteiger charge is 2.38. The van der Waals surface area contributed by atoms with E-state index >= 15 is 0 Å². The van der Waals surface area contributed by atoms with Crippen molar-refractivity contribution >= 4 is 17.8 Å². The van der Waals surface area contributed by atoms with Gasteiger partial charge in [0, 0.05) is 0 Å². The summed E-state index contributed by atoms with van der Waals surface area (Å²) in [6.07, 6.45) is -4.79. The third-order valence-corrected chi connectivity index (χ3v) is 4.21. The highest BCUT2D eigenvalue weighted by atomic mass is 19.4. The molecule has 1 heterocycles. The Hall–Kier alpha value is -3.16. The summed E-state index contributed by atoms with van der Waals surface area (Å²) >= 11 is 0. The van der Waals surface area contributed by atoms with Crippen LogP contribution in [0.15, 0.2) is 48.5 Å². The Labute approximate surface area is 152 Å². The number of alkyl halides is 3. The molecule has 0 N–H and O–H groups in total. The maximum Gasteiger partial charge on any atom is 0.416 e. The summed E-state index contributed by atoms with van der Waals surface area (Å²) in [5.41, 5.74) is -0.271. The summed E-state index contributed by atoms with van der Waals surface area (Å²) in [6, 6.07) is 10.6. The van der Waals surface area contributed by atoms with Crippen LogP contribution in [0, 0.1) is 0 Å². The van der Waals surface area contributed by atoms with E-state index in [1.165, 1.54) is 24.3 Å². The Morgan fingerprint density at radius 2 is 1.63 bits per heavy atom. The van der Waals surface area contributed by atoms with Crippen LogP contribution in [0.5, 0.6) is 0 Å². The van der Waals surface area contributed by atoms with Crippen molar-refractivity contribution < 1.29 is 32.4 Å². The third kappa shape index (κ3) is 3.69. The number of hydrogen-bond acceptors (Lipinski definition) is 4. The summed E-state index contributed by atoms with van der Waals surface area (Å²) in [7, 11) is 0. The van der Waals surface area contributed by atoms with Gasteiger partial charge in [0.05, 0.1) is 23.1 Å². The third-order valence-electron chi connectivity index (χ3n) is 4.21. The van der Waals surface area contributed by atoms with Crippen molar-refractivity contribution in [1.29, 1.82) is 0 Å². The van der Waals surface area contributed by atoms with Gasteiger partial charge in [0.25, 0.3) is 11.8 Å². The highest BCUT2D eigenvalue weighted by molar-refractivity contribution is 6.20. The Morgan fingerprint density at radius 3 is 2.19 bits per heavy atom. The average Bonchev–Trinajstić information content (AvgIpc) is 2.86. The van der Waals surface area contributed by atoms with Crippen LogP contribution in [0.1, 0.15) is 51.1 Å². The first-order valence-corrected chi connectivity index (χ1v) is 8.04. The van der Waals surface area contributed by atoms with Crippen LogP contribution >= 0.6 is 0 Å². The predicted molar refractivity (Wildman–Crippen MR) is 87.5 cm³/mol. The van der Waals surface area contributed by atoms with Crippen molar-refractivity contribution in [2.45, 2.75) is 25.4 Å². The van der Waals surface area contributed by atoms with Gasteiger partial charge >= 0.3 is 12.1 Å². The van der Waals surface area contributed by atoms with Gasteiger partial charge in [0.2, 0.25) is 0 Å². The zero-order chi connectivity index (χ0) is 19.8. The van der Waals surface area contributed by atoms with E-state index in [4.69, 9.17) is 4.84 Å². The number of carbonyl (C=O) groups is 3. The molecular weight excluding hydrogens is 363 g/mol. The van der Waals surface area contributed by atoms with Crippen molar-refractivity contribution in [3.05, 3.63) is 70.8 Å². The lowest BCUT2D eigenvalue weighted by Crippen LogP contribution is -2.33. The molecule has 140 valence electrons. The molecule has 27 heavy (non-hydrogen) atoms. The number of imide groups is 1. The topological polar surface area (TPSA) is 63.7 Å². The van der Waals surface area contributed by atoms with Gasteiger partial charge in [-0.05, 0) is 29.7 Å². The molecule has 5 nitrogen and oxygen atoms in total. The van der Waals surface area contributed by atoms with Crippen LogP contribution < -0.4 is 0 Å². The Kier molecular flexibility index (Phi) is 4.73. The Bertz CT molecular complexity index is 888. The fourth-order valence-corrected chi connectivity index (χ4v) is 2.78. The number of nitrogens with zero attached hydrogens (tertiary/aromatic N) is 1. The molecule has 3 rings (SSSR count). The summed E-state index contributed by atoms with van der Waals surface area (Å²) in [5, 5.41) is 0.381. The molecule has 0 aromatic heterocycles. The molecule has 0 aliphatic carbocycles. The summed E-state index contributed by atoms with van der Waals surface area (Å²) in [5.74, 6) is -3.00. The SMILES string of the molecule is CC(CC(=O)ON1C(=O)c2ccccc2C1=O)c1cccc(C(F)(F)F)c1. The van der Waals surface area contributed by atoms with Crippen LogP contribution in [0.3, 0.4) is 0 Å². The van der Waals surface area contributed by atoms with Crippen molar-refractivity contribution in [2.24, 2.45) is 0 Å². The number of carbonyl (C=O) groups excluding carboxylic acids is 3. The minimum Gasteiger partial charge on any atom is -0.330 e. The number of hydrogen-bond donors (Lipinski definition) is 0. The first kappa shape index (κ1) is 18.6. The van der Waals surface area contributed by atoms with E-state index < -0.39 is 35.4 Å². The van der Waals surface area contributed by atoms with E-state index in [0.717, 1.165) is 12.1 Å². The molecular formula is C19H14F3NO4. The number of halogens is 3. The number of fused-ring (bicyclic) bond motifs is 1. The second-order valence-electron chi connectivity index (χ2n) is 6.14. The molecule has 1 atom stereocenters. The minimum atomic E-state index is -4.49. The molecule has 2 aromatic rings. The smallest absolute Gasteiger partial charge is 0.330 e. The molecule has 0 spiro atoms. The van der Waals surface area contributed by atoms with Gasteiger partial charge in [-0.1, -0.05) is 42.3 Å². The minimum absolute atomic E-state index is 0.126. The second kappa shape index (κ2) is 6.86. The van der Waals surface area contributed by atoms with Gasteiger partial charge in [-0.15, -0.1) is 0 Å². The number of amides is 2. The zero-order valence-electron chi connectivity index (χ0n) is 14.1. The average molecular weight is 377 g/mol. The van der Waals surface area contributed by atoms with Crippen molar-refractivity contribution in [2.75, 3.05) is 0 Å². The Balaban J connectivity index is 1.68. The van der Waals surface area contributed by atoms with Gasteiger partial charge in [0.1, 0.15) is 0 Å². The van der Waals surface area contributed by atoms with E-state index in [9.17, 15) is 27.6 Å². The van der Waals surface area contributed by atoms with E-state index in [1.807, 2.05) is 0 Å². The zero-order valence-corrected chi connectivity index (χ0v) is 14.1. The molecule has 1 unspecified atom stereocenters. The van der Waals surface area contributed by atoms with Crippen LogP contribution in [0.4, 0.5) is 13.2 Å². The fourth-order valence-electron chi connectivity index (χ4n) is 2.78. The standard InChI is InChI=1S/C19H14F3NO4/c1-11(12-5-4-6-13(10-12)19(20,21)22)9-16(24)27-23-17(25)14-7-2-3-8-15(14)18(23)26/h2-8,10-11H,9H2,1H3. The van der Waals surface area contributed by atoms with E-state index in [2.05, 4.69) is 0 Å². The maximum absolute atomic E-state index is 12.8. The van der Waals surface area contributed by atoms with Crippen molar-refractivity contribution in [1.82, 2.24) is 5.06 Å². The molecule has 0 saturated carbocycles. The van der Waals surface area contributed by atoms with Gasteiger partial charge < -0.3 is 4.84 Å². The quantitative estimate of drug-likeness (QED) is 0.757. The lowest BCUT2D eigenvalue weighted by molar-refractivity contribution is -0.168. The summed E-state index contributed by atoms with van der Waals surface area (Å²) < 4.78 is 38.4. The molecule has 2 amide bonds. The van der Waals surface area contributed by atoms with Gasteiger partial charge in [-0.2, -0.15) is 13.2 Å². The van der Waals surface area contributed by atoms with Crippen LogP contribution in [0.25, 0.3) is 0 Å². The molecule has 0 saturated heterocycles. The highest BCUT2D eigenvalue weighted by Crippen LogP contribution is 2.32. The monoisotopic (exact) mass is 377 g/mol. The first-order valence-electron chi connectivity index (χ1n) is 8.04. The lowest BCUT2D eigenvalue weighted by Gasteiger charge is -2.16. The molecule has 0 bridgehead atoms. The van der Waals surface area contributed by atoms with Gasteiger partial charge in [-0.3, -0.25) is 9.59 Å². The Morgan fingerprint density at radius 1 is 1.04 bits per heavy atom. The molecule has 0 radical (unpaired) electrons. The maximum atomic E-state index is 12.8. The van der Waals surface area contributed by atoms with E-state index in [0.29, 0.717) is 10.6 Å². The van der Waals surface area contributed by atoms with Crippen LogP contribution in [0.2, 0.25) is 0 Å². The van der Waals surface area contributed by atoms with Crippen LogP contribution in [-0.4, -0.2) is 22.8 Å². The molecule has 8 heteroatoms. The second-order valence-corrected chi connectivity index (χ2v) is 6.14. The summed E-state index contributed by atoms with van der Waals surface area (Å²) in [4.78, 5) is 41.3. The number of hydroxylamine groups is 2. The van der Waals surface area contributed by atoms with E-state index in [1.54, 1.807) is 19.1 Å². The lowest BCUT2D eigenvalue weighted by atomic mass is 9.96. The van der Waals surface area contributed by atoms with Crippen molar-refractivity contribution in [3.63, 3.8) is 0 Å². The summed E-state index contributed by atoms with van der Waals surface area (Å²) in [6.45, 7) is 1.55. The van der Waals surface area contributed by atoms with Crippen molar-refractivity contribution in [3.8, 4) is 0 Å². The fraction of sp³-hybridized carbons (Fsp3) is 0.211. The van der Waals surface area contributed by atoms with Gasteiger partial charge in [-0.25, -0.2) is 4.79 Å². The molecule has 2 aromatic carbocycles. The van der Waals surface area contributed by atoms with Gasteiger partial charge in [0.15, 0.2) is 0 Å². The first-order chi connectivity index (χ1) is 12.7. The molecule has 1 aliphatic rings. The molecule has 1 aliphatic heterocycles. The normalized spacial score (nSPS) is 14.9. The largest absolute Gasteiger partial charge is 0.416 e. The van der Waals surface area contributed by atoms with E-state index in [-0.39, 0.29) is 17.5 Å². The predicted octanol–water partition coefficient (Wildman–Crippen LogP) is 3.95. The van der Waals surface area contributed by atoms with Crippen LogP contribution in [-0.2, 0) is 15.8 Å². The molecule has 0 fully saturated rings.